The highest BCUT2D eigenvalue weighted by molar-refractivity contribution is 5.79. The number of phenols is 1. The second kappa shape index (κ2) is 10.5. The van der Waals surface area contributed by atoms with Crippen molar-refractivity contribution in [3.8, 4) is 11.5 Å². The summed E-state index contributed by atoms with van der Waals surface area (Å²) in [5.74, 6) is 1.19. The van der Waals surface area contributed by atoms with E-state index in [1.54, 1.807) is 6.07 Å². The molecule has 0 aliphatic carbocycles. The second-order valence-electron chi connectivity index (χ2n) is 9.32. The third-order valence-corrected chi connectivity index (χ3v) is 7.18. The Morgan fingerprint density at radius 3 is 2.45 bits per heavy atom. The number of piperidine rings is 1. The van der Waals surface area contributed by atoms with Crippen LogP contribution in [0.1, 0.15) is 36.5 Å². The summed E-state index contributed by atoms with van der Waals surface area (Å²) in [7, 11) is 0. The number of aromatic hydroxyl groups is 1. The van der Waals surface area contributed by atoms with Crippen molar-refractivity contribution >= 4 is 11.6 Å². The second-order valence-corrected chi connectivity index (χ2v) is 9.32. The van der Waals surface area contributed by atoms with Crippen LogP contribution in [0.15, 0.2) is 36.4 Å². The maximum Gasteiger partial charge on any atom is 0.225 e. The average molecular weight is 452 g/mol. The van der Waals surface area contributed by atoms with Crippen LogP contribution in [0, 0.1) is 19.8 Å². The summed E-state index contributed by atoms with van der Waals surface area (Å²) >= 11 is 0. The number of rotatable bonds is 6. The first-order valence-corrected chi connectivity index (χ1v) is 12.2. The molecule has 1 N–H and O–H groups in total. The first-order chi connectivity index (χ1) is 16.0. The number of hydrogen-bond acceptors (Lipinski definition) is 5. The summed E-state index contributed by atoms with van der Waals surface area (Å²) in [6, 6.07) is 12.1. The molecule has 1 amide bonds. The zero-order chi connectivity index (χ0) is 23.4. The fourth-order valence-corrected chi connectivity index (χ4v) is 5.03. The van der Waals surface area contributed by atoms with Crippen molar-refractivity contribution in [3.63, 3.8) is 0 Å². The number of carbonyl (C=O) groups is 1. The van der Waals surface area contributed by atoms with Crippen LogP contribution >= 0.6 is 0 Å². The van der Waals surface area contributed by atoms with Crippen molar-refractivity contribution in [2.24, 2.45) is 5.92 Å². The highest BCUT2D eigenvalue weighted by Gasteiger charge is 2.30. The monoisotopic (exact) mass is 451 g/mol. The van der Waals surface area contributed by atoms with Crippen molar-refractivity contribution < 1.29 is 14.6 Å². The maximum atomic E-state index is 13.2. The number of carbonyl (C=O) groups excluding carboxylic acids is 1. The van der Waals surface area contributed by atoms with Gasteiger partial charge < -0.3 is 19.6 Å². The van der Waals surface area contributed by atoms with Crippen LogP contribution in [0.3, 0.4) is 0 Å². The van der Waals surface area contributed by atoms with Crippen molar-refractivity contribution in [3.05, 3.63) is 53.1 Å². The molecule has 6 heteroatoms. The Labute approximate surface area is 197 Å². The Kier molecular flexibility index (Phi) is 7.43. The normalized spacial score (nSPS) is 17.9. The molecular formula is C27H37N3O3. The molecule has 178 valence electrons. The van der Waals surface area contributed by atoms with Crippen molar-refractivity contribution in [2.45, 2.75) is 40.2 Å². The first-order valence-electron chi connectivity index (χ1n) is 12.2. The van der Waals surface area contributed by atoms with Crippen LogP contribution in [0.25, 0.3) is 0 Å². The molecule has 4 rings (SSSR count). The van der Waals surface area contributed by atoms with Crippen molar-refractivity contribution in [2.75, 3.05) is 50.8 Å². The number of phenolic OH excluding ortho intramolecular Hbond substituents is 1. The molecule has 6 nitrogen and oxygen atoms in total. The molecule has 2 heterocycles. The predicted molar refractivity (Wildman–Crippen MR) is 132 cm³/mol. The molecular weight excluding hydrogens is 414 g/mol. The number of likely N-dealkylation sites (tertiary alicyclic amines) is 1. The van der Waals surface area contributed by atoms with Gasteiger partial charge in [-0.1, -0.05) is 18.2 Å². The van der Waals surface area contributed by atoms with E-state index in [1.165, 1.54) is 16.8 Å². The molecule has 0 saturated carbocycles. The molecule has 2 aliphatic rings. The van der Waals surface area contributed by atoms with Gasteiger partial charge in [0, 0.05) is 44.3 Å². The minimum atomic E-state index is 0.132. The van der Waals surface area contributed by atoms with Gasteiger partial charge >= 0.3 is 0 Å². The number of ether oxygens (including phenoxy) is 1. The quantitative estimate of drug-likeness (QED) is 0.720. The number of piperazine rings is 1. The third kappa shape index (κ3) is 5.44. The maximum absolute atomic E-state index is 13.2. The van der Waals surface area contributed by atoms with Crippen molar-refractivity contribution in [1.82, 2.24) is 9.80 Å². The fraction of sp³-hybridized carbons (Fsp3) is 0.519. The van der Waals surface area contributed by atoms with E-state index in [9.17, 15) is 9.90 Å². The lowest BCUT2D eigenvalue weighted by Gasteiger charge is -2.40. The van der Waals surface area contributed by atoms with Gasteiger partial charge in [-0.05, 0) is 81.6 Å². The summed E-state index contributed by atoms with van der Waals surface area (Å²) in [5.41, 5.74) is 5.09. The highest BCUT2D eigenvalue weighted by Crippen LogP contribution is 2.29. The van der Waals surface area contributed by atoms with Gasteiger partial charge in [-0.2, -0.15) is 0 Å². The minimum absolute atomic E-state index is 0.132. The number of aryl methyl sites for hydroxylation is 1. The van der Waals surface area contributed by atoms with E-state index >= 15 is 0 Å². The molecule has 2 aromatic rings. The van der Waals surface area contributed by atoms with Crippen LogP contribution in [0.4, 0.5) is 5.69 Å². The summed E-state index contributed by atoms with van der Waals surface area (Å²) in [5, 5.41) is 9.91. The summed E-state index contributed by atoms with van der Waals surface area (Å²) in [4.78, 5) is 20.1. The molecule has 2 saturated heterocycles. The van der Waals surface area contributed by atoms with Crippen molar-refractivity contribution in [1.29, 1.82) is 0 Å². The van der Waals surface area contributed by atoms with Gasteiger partial charge in [0.1, 0.15) is 0 Å². The lowest BCUT2D eigenvalue weighted by atomic mass is 9.94. The Bertz CT molecular complexity index is 961. The van der Waals surface area contributed by atoms with E-state index < -0.39 is 0 Å². The lowest BCUT2D eigenvalue weighted by molar-refractivity contribution is -0.137. The van der Waals surface area contributed by atoms with Gasteiger partial charge in [-0.15, -0.1) is 0 Å². The largest absolute Gasteiger partial charge is 0.504 e. The standard InChI is InChI=1S/C27H37N3O3/c1-4-33-26-18-22(8-9-25(26)31)19-28-12-10-23(11-13-28)27(32)30-16-14-29(15-17-30)24-7-5-6-20(2)21(24)3/h5-9,18,23,31H,4,10-17,19H2,1-3H3. The molecule has 33 heavy (non-hydrogen) atoms. The Morgan fingerprint density at radius 1 is 1.03 bits per heavy atom. The Balaban J connectivity index is 1.26. The number of benzene rings is 2. The SMILES string of the molecule is CCOc1cc(CN2CCC(C(=O)N3CCN(c4cccc(C)c4C)CC3)CC2)ccc1O. The summed E-state index contributed by atoms with van der Waals surface area (Å²) in [6.07, 6.45) is 1.82. The number of anilines is 1. The summed E-state index contributed by atoms with van der Waals surface area (Å²) < 4.78 is 5.51. The number of nitrogens with zero attached hydrogens (tertiary/aromatic N) is 3. The lowest BCUT2D eigenvalue weighted by Crippen LogP contribution is -2.51. The van der Waals surface area contributed by atoms with Crippen LogP contribution < -0.4 is 9.64 Å². The highest BCUT2D eigenvalue weighted by atomic mass is 16.5. The van der Waals surface area contributed by atoms with Crippen LogP contribution in [0.5, 0.6) is 11.5 Å². The van der Waals surface area contributed by atoms with Gasteiger partial charge in [0.05, 0.1) is 6.61 Å². The first kappa shape index (κ1) is 23.4. The van der Waals surface area contributed by atoms with Gasteiger partial charge in [0.2, 0.25) is 5.91 Å². The van der Waals surface area contributed by atoms with Gasteiger partial charge in [-0.25, -0.2) is 0 Å². The molecule has 2 fully saturated rings. The van der Waals surface area contributed by atoms with E-state index in [0.29, 0.717) is 18.3 Å². The molecule has 2 aliphatic heterocycles. The molecule has 0 unspecified atom stereocenters. The van der Waals surface area contributed by atoms with Gasteiger partial charge in [-0.3, -0.25) is 9.69 Å². The smallest absolute Gasteiger partial charge is 0.225 e. The number of hydrogen-bond donors (Lipinski definition) is 1. The van der Waals surface area contributed by atoms with E-state index in [-0.39, 0.29) is 11.7 Å². The molecule has 0 bridgehead atoms. The van der Waals surface area contributed by atoms with Gasteiger partial charge in [0.25, 0.3) is 0 Å². The zero-order valence-electron chi connectivity index (χ0n) is 20.2. The minimum Gasteiger partial charge on any atom is -0.504 e. The molecule has 0 radical (unpaired) electrons. The Morgan fingerprint density at radius 2 is 1.76 bits per heavy atom. The number of amides is 1. The third-order valence-electron chi connectivity index (χ3n) is 7.18. The van der Waals surface area contributed by atoms with Crippen LogP contribution in [0.2, 0.25) is 0 Å². The van der Waals surface area contributed by atoms with E-state index in [4.69, 9.17) is 4.74 Å². The van der Waals surface area contributed by atoms with Gasteiger partial charge in [0.15, 0.2) is 11.5 Å². The Hall–Kier alpha value is -2.73. The van der Waals surface area contributed by atoms with Crippen LogP contribution in [-0.2, 0) is 11.3 Å². The zero-order valence-corrected chi connectivity index (χ0v) is 20.2. The van der Waals surface area contributed by atoms with Crippen LogP contribution in [-0.4, -0.2) is 66.7 Å². The van der Waals surface area contributed by atoms with E-state index in [2.05, 4.69) is 46.7 Å². The average Bonchev–Trinajstić information content (AvgIpc) is 2.83. The predicted octanol–water partition coefficient (Wildman–Crippen LogP) is 3.97. The summed E-state index contributed by atoms with van der Waals surface area (Å²) in [6.45, 7) is 12.9. The molecule has 0 spiro atoms. The fourth-order valence-electron chi connectivity index (χ4n) is 5.03. The molecule has 0 aromatic heterocycles. The molecule has 2 aromatic carbocycles. The van der Waals surface area contributed by atoms with E-state index in [1.807, 2.05) is 19.1 Å². The molecule has 0 atom stereocenters. The van der Waals surface area contributed by atoms with E-state index in [0.717, 1.165) is 64.2 Å². The topological polar surface area (TPSA) is 56.2 Å².